The first-order chi connectivity index (χ1) is 8.49. The molecule has 0 fully saturated rings. The zero-order valence-electron chi connectivity index (χ0n) is 8.96. The number of halogens is 1. The first-order valence-electron chi connectivity index (χ1n) is 4.74. The maximum absolute atomic E-state index is 11.9. The van der Waals surface area contributed by atoms with Gasteiger partial charge in [-0.3, -0.25) is 5.10 Å². The number of nitrogens with two attached hydrogens (primary N) is 1. The van der Waals surface area contributed by atoms with Gasteiger partial charge in [-0.25, -0.2) is 23.1 Å². The predicted octanol–water partition coefficient (Wildman–Crippen LogP) is -0.0862. The summed E-state index contributed by atoms with van der Waals surface area (Å²) >= 11 is 5.71. The Labute approximate surface area is 108 Å². The summed E-state index contributed by atoms with van der Waals surface area (Å²) in [5.74, 6) is 0.471. The van der Waals surface area contributed by atoms with E-state index in [1.807, 2.05) is 0 Å². The van der Waals surface area contributed by atoms with Crippen LogP contribution in [-0.2, 0) is 16.6 Å². The molecule has 2 rings (SSSR count). The number of sulfonamides is 1. The summed E-state index contributed by atoms with van der Waals surface area (Å²) in [4.78, 5) is 7.40. The van der Waals surface area contributed by atoms with E-state index < -0.39 is 10.0 Å². The normalized spacial score (nSPS) is 11.6. The Balaban J connectivity index is 2.17. The number of pyridine rings is 1. The molecule has 96 valence electrons. The van der Waals surface area contributed by atoms with Crippen molar-refractivity contribution in [1.82, 2.24) is 24.9 Å². The largest absolute Gasteiger partial charge is 0.382 e. The molecule has 2 heterocycles. The Bertz CT molecular complexity index is 642. The lowest BCUT2D eigenvalue weighted by atomic mass is 10.5. The maximum Gasteiger partial charge on any atom is 0.242 e. The molecule has 0 saturated heterocycles. The van der Waals surface area contributed by atoms with Gasteiger partial charge in [0.25, 0.3) is 0 Å². The third kappa shape index (κ3) is 2.75. The number of nitrogens with zero attached hydrogens (tertiary/aromatic N) is 3. The van der Waals surface area contributed by atoms with Crippen LogP contribution in [0, 0.1) is 0 Å². The molecule has 2 aromatic rings. The van der Waals surface area contributed by atoms with Crippen molar-refractivity contribution in [2.24, 2.45) is 0 Å². The van der Waals surface area contributed by atoms with E-state index in [0.29, 0.717) is 5.82 Å². The van der Waals surface area contributed by atoms with E-state index in [2.05, 4.69) is 24.9 Å². The van der Waals surface area contributed by atoms with Crippen molar-refractivity contribution < 1.29 is 8.42 Å². The van der Waals surface area contributed by atoms with Gasteiger partial charge in [-0.1, -0.05) is 11.6 Å². The van der Waals surface area contributed by atoms with Crippen LogP contribution in [0.5, 0.6) is 0 Å². The summed E-state index contributed by atoms with van der Waals surface area (Å²) in [7, 11) is -3.72. The van der Waals surface area contributed by atoms with Crippen LogP contribution in [-0.4, -0.2) is 28.6 Å². The fourth-order valence-electron chi connectivity index (χ4n) is 1.14. The van der Waals surface area contributed by atoms with E-state index in [0.717, 1.165) is 6.20 Å². The first kappa shape index (κ1) is 12.7. The average molecular weight is 289 g/mol. The average Bonchev–Trinajstić information content (AvgIpc) is 2.83. The minimum Gasteiger partial charge on any atom is -0.382 e. The summed E-state index contributed by atoms with van der Waals surface area (Å²) < 4.78 is 26.1. The molecule has 0 radical (unpaired) electrons. The number of nitrogen functional groups attached to an aromatic ring is 1. The van der Waals surface area contributed by atoms with Crippen molar-refractivity contribution in [2.45, 2.75) is 11.4 Å². The molecule has 0 aliphatic heterocycles. The predicted molar refractivity (Wildman–Crippen MR) is 64.1 cm³/mol. The molecule has 0 amide bonds. The lowest BCUT2D eigenvalue weighted by Crippen LogP contribution is -2.24. The van der Waals surface area contributed by atoms with E-state index >= 15 is 0 Å². The third-order valence-electron chi connectivity index (χ3n) is 2.05. The van der Waals surface area contributed by atoms with Crippen LogP contribution in [0.2, 0.25) is 5.02 Å². The number of hydrogen-bond acceptors (Lipinski definition) is 6. The van der Waals surface area contributed by atoms with Gasteiger partial charge >= 0.3 is 0 Å². The van der Waals surface area contributed by atoms with E-state index in [4.69, 9.17) is 17.3 Å². The quantitative estimate of drug-likeness (QED) is 0.722. The third-order valence-corrected chi connectivity index (χ3v) is 3.72. The molecule has 18 heavy (non-hydrogen) atoms. The fourth-order valence-corrected chi connectivity index (χ4v) is 2.33. The van der Waals surface area contributed by atoms with E-state index in [-0.39, 0.29) is 22.3 Å². The molecule has 4 N–H and O–H groups in total. The summed E-state index contributed by atoms with van der Waals surface area (Å²) in [6.07, 6.45) is 2.41. The summed E-state index contributed by atoms with van der Waals surface area (Å²) in [6.45, 7) is -0.00959. The van der Waals surface area contributed by atoms with Gasteiger partial charge in [-0.05, 0) is 6.07 Å². The molecule has 10 heteroatoms. The van der Waals surface area contributed by atoms with Gasteiger partial charge in [0.2, 0.25) is 10.0 Å². The van der Waals surface area contributed by atoms with Gasteiger partial charge in [0.15, 0.2) is 0 Å². The van der Waals surface area contributed by atoms with Crippen LogP contribution in [0.25, 0.3) is 0 Å². The van der Waals surface area contributed by atoms with Crippen molar-refractivity contribution >= 4 is 27.4 Å². The van der Waals surface area contributed by atoms with Crippen LogP contribution in [0.15, 0.2) is 23.5 Å². The molecule has 8 nitrogen and oxygen atoms in total. The molecule has 0 unspecified atom stereocenters. The Morgan fingerprint density at radius 3 is 2.83 bits per heavy atom. The first-order valence-corrected chi connectivity index (χ1v) is 6.60. The van der Waals surface area contributed by atoms with Crippen LogP contribution in [0.1, 0.15) is 5.82 Å². The van der Waals surface area contributed by atoms with E-state index in [1.54, 1.807) is 0 Å². The number of hydrogen-bond donors (Lipinski definition) is 3. The molecule has 0 bridgehead atoms. The lowest BCUT2D eigenvalue weighted by molar-refractivity contribution is 0.579. The van der Waals surface area contributed by atoms with E-state index in [1.165, 1.54) is 12.4 Å². The van der Waals surface area contributed by atoms with E-state index in [9.17, 15) is 8.42 Å². The van der Waals surface area contributed by atoms with Gasteiger partial charge in [0, 0.05) is 6.20 Å². The van der Waals surface area contributed by atoms with Crippen molar-refractivity contribution in [3.8, 4) is 0 Å². The highest BCUT2D eigenvalue weighted by Gasteiger charge is 2.16. The molecule has 2 aromatic heterocycles. The number of H-pyrrole nitrogens is 1. The van der Waals surface area contributed by atoms with Crippen molar-refractivity contribution in [3.05, 3.63) is 29.4 Å². The summed E-state index contributed by atoms with van der Waals surface area (Å²) in [5, 5.41) is 6.21. The minimum atomic E-state index is -3.72. The smallest absolute Gasteiger partial charge is 0.242 e. The molecule has 0 saturated carbocycles. The number of nitrogens with one attached hydrogen (secondary N) is 2. The molecular weight excluding hydrogens is 280 g/mol. The summed E-state index contributed by atoms with van der Waals surface area (Å²) in [6, 6.07) is 1.23. The molecule has 0 aliphatic rings. The number of aromatic amines is 1. The van der Waals surface area contributed by atoms with Gasteiger partial charge < -0.3 is 5.73 Å². The monoisotopic (exact) mass is 288 g/mol. The Morgan fingerprint density at radius 1 is 1.44 bits per heavy atom. The zero-order chi connectivity index (χ0) is 13.2. The number of rotatable bonds is 4. The van der Waals surface area contributed by atoms with Crippen LogP contribution in [0.3, 0.4) is 0 Å². The van der Waals surface area contributed by atoms with Gasteiger partial charge in [-0.2, -0.15) is 5.10 Å². The van der Waals surface area contributed by atoms with Crippen LogP contribution < -0.4 is 10.5 Å². The molecule has 0 atom stereocenters. The van der Waals surface area contributed by atoms with Crippen LogP contribution >= 0.6 is 11.6 Å². The van der Waals surface area contributed by atoms with Crippen molar-refractivity contribution in [1.29, 1.82) is 0 Å². The highest BCUT2D eigenvalue weighted by Crippen LogP contribution is 2.19. The van der Waals surface area contributed by atoms with Gasteiger partial charge in [0.1, 0.15) is 22.9 Å². The standard InChI is InChI=1S/C8H9ClN6O2S/c9-6-1-5(2-11-8(6)10)18(16,17)14-3-7-12-4-13-15-7/h1-2,4,14H,3H2,(H2,10,11)(H,12,13,15). The second-order valence-electron chi connectivity index (χ2n) is 3.29. The maximum atomic E-state index is 11.9. The number of aromatic nitrogens is 4. The highest BCUT2D eigenvalue weighted by atomic mass is 35.5. The zero-order valence-corrected chi connectivity index (χ0v) is 10.5. The van der Waals surface area contributed by atoms with Gasteiger partial charge in [0.05, 0.1) is 11.6 Å². The Hall–Kier alpha value is -1.71. The Morgan fingerprint density at radius 2 is 2.22 bits per heavy atom. The molecule has 0 aromatic carbocycles. The molecular formula is C8H9ClN6O2S. The van der Waals surface area contributed by atoms with Crippen molar-refractivity contribution in [3.63, 3.8) is 0 Å². The van der Waals surface area contributed by atoms with Crippen molar-refractivity contribution in [2.75, 3.05) is 5.73 Å². The SMILES string of the molecule is Nc1ncc(S(=O)(=O)NCc2ncn[nH]2)cc1Cl. The number of anilines is 1. The summed E-state index contributed by atoms with van der Waals surface area (Å²) in [5.41, 5.74) is 5.40. The minimum absolute atomic E-state index is 0.00959. The molecule has 0 aliphatic carbocycles. The molecule has 0 spiro atoms. The highest BCUT2D eigenvalue weighted by molar-refractivity contribution is 7.89. The lowest BCUT2D eigenvalue weighted by Gasteiger charge is -2.05. The van der Waals surface area contributed by atoms with Crippen LogP contribution in [0.4, 0.5) is 5.82 Å². The topological polar surface area (TPSA) is 127 Å². The fraction of sp³-hybridized carbons (Fsp3) is 0.125. The second kappa shape index (κ2) is 4.88. The second-order valence-corrected chi connectivity index (χ2v) is 5.47. The Kier molecular flexibility index (Phi) is 3.45. The van der Waals surface area contributed by atoms with Gasteiger partial charge in [-0.15, -0.1) is 0 Å².